The highest BCUT2D eigenvalue weighted by molar-refractivity contribution is 5.85. The van der Waals surface area contributed by atoms with Crippen LogP contribution in [0.3, 0.4) is 0 Å². The standard InChI is InChI=1S/C17H20N4O3/c1-11-13(10-16(22)20-9-5-6-14(20)17(23)24)12(2)21(19-11)15-7-3-4-8-18-15/h3-4,7-8,14H,5-6,9-10H2,1-2H3,(H,23,24). The van der Waals surface area contributed by atoms with E-state index in [1.54, 1.807) is 10.9 Å². The maximum Gasteiger partial charge on any atom is 0.326 e. The molecule has 0 spiro atoms. The number of carboxylic acid groups (broad SMARTS) is 1. The van der Waals surface area contributed by atoms with Gasteiger partial charge >= 0.3 is 5.97 Å². The molecule has 24 heavy (non-hydrogen) atoms. The van der Waals surface area contributed by atoms with Crippen molar-refractivity contribution in [2.45, 2.75) is 39.2 Å². The van der Waals surface area contributed by atoms with Gasteiger partial charge in [-0.15, -0.1) is 0 Å². The Kier molecular flexibility index (Phi) is 4.33. The minimum absolute atomic E-state index is 0.160. The molecule has 7 heteroatoms. The average Bonchev–Trinajstić information content (AvgIpc) is 3.16. The molecule has 1 aliphatic heterocycles. The van der Waals surface area contributed by atoms with Crippen LogP contribution in [-0.2, 0) is 16.0 Å². The summed E-state index contributed by atoms with van der Waals surface area (Å²) in [4.78, 5) is 29.6. The SMILES string of the molecule is Cc1nn(-c2ccccn2)c(C)c1CC(=O)N1CCCC1C(=O)O. The fourth-order valence-electron chi connectivity index (χ4n) is 3.21. The van der Waals surface area contributed by atoms with Crippen molar-refractivity contribution in [3.63, 3.8) is 0 Å². The fraction of sp³-hybridized carbons (Fsp3) is 0.412. The Balaban J connectivity index is 1.84. The molecule has 1 unspecified atom stereocenters. The molecule has 1 N–H and O–H groups in total. The number of rotatable bonds is 4. The number of aliphatic carboxylic acids is 1. The van der Waals surface area contributed by atoms with Crippen LogP contribution in [0.5, 0.6) is 0 Å². The zero-order valence-electron chi connectivity index (χ0n) is 13.8. The average molecular weight is 328 g/mol. The predicted molar refractivity (Wildman–Crippen MR) is 86.9 cm³/mol. The minimum atomic E-state index is -0.932. The summed E-state index contributed by atoms with van der Waals surface area (Å²) in [5, 5.41) is 13.7. The molecule has 7 nitrogen and oxygen atoms in total. The van der Waals surface area contributed by atoms with E-state index in [9.17, 15) is 14.7 Å². The lowest BCUT2D eigenvalue weighted by Crippen LogP contribution is -2.41. The van der Waals surface area contributed by atoms with Crippen LogP contribution in [0.25, 0.3) is 5.82 Å². The number of carbonyl (C=O) groups is 2. The second kappa shape index (κ2) is 6.43. The lowest BCUT2D eigenvalue weighted by atomic mass is 10.1. The summed E-state index contributed by atoms with van der Waals surface area (Å²) >= 11 is 0. The van der Waals surface area contributed by atoms with Crippen molar-refractivity contribution < 1.29 is 14.7 Å². The first-order valence-corrected chi connectivity index (χ1v) is 7.98. The maximum absolute atomic E-state index is 12.6. The number of carboxylic acids is 1. The van der Waals surface area contributed by atoms with Crippen molar-refractivity contribution in [3.05, 3.63) is 41.3 Å². The summed E-state index contributed by atoms with van der Waals surface area (Å²) in [5.41, 5.74) is 2.45. The molecule has 1 atom stereocenters. The molecule has 0 radical (unpaired) electrons. The molecule has 126 valence electrons. The Morgan fingerprint density at radius 1 is 1.33 bits per heavy atom. The summed E-state index contributed by atoms with van der Waals surface area (Å²) < 4.78 is 1.72. The van der Waals surface area contributed by atoms with E-state index in [-0.39, 0.29) is 12.3 Å². The normalized spacial score (nSPS) is 17.2. The van der Waals surface area contributed by atoms with Gasteiger partial charge in [0.05, 0.1) is 12.1 Å². The number of nitrogens with zero attached hydrogens (tertiary/aromatic N) is 4. The Morgan fingerprint density at radius 2 is 2.12 bits per heavy atom. The Bertz CT molecular complexity index is 770. The number of hydrogen-bond acceptors (Lipinski definition) is 4. The third-order valence-electron chi connectivity index (χ3n) is 4.49. The first kappa shape index (κ1) is 16.2. The van der Waals surface area contributed by atoms with Gasteiger partial charge in [-0.3, -0.25) is 4.79 Å². The number of hydrogen-bond donors (Lipinski definition) is 1. The van der Waals surface area contributed by atoms with Crippen LogP contribution < -0.4 is 0 Å². The molecular weight excluding hydrogens is 308 g/mol. The van der Waals surface area contributed by atoms with Gasteiger partial charge in [0.15, 0.2) is 5.82 Å². The molecular formula is C17H20N4O3. The number of carbonyl (C=O) groups excluding carboxylic acids is 1. The third kappa shape index (κ3) is 2.89. The van der Waals surface area contributed by atoms with Crippen molar-refractivity contribution in [2.24, 2.45) is 0 Å². The molecule has 0 bridgehead atoms. The van der Waals surface area contributed by atoms with Gasteiger partial charge in [-0.25, -0.2) is 14.5 Å². The maximum atomic E-state index is 12.6. The predicted octanol–water partition coefficient (Wildman–Crippen LogP) is 1.50. The molecule has 1 amide bonds. The Labute approximate surface area is 139 Å². The van der Waals surface area contributed by atoms with E-state index in [1.165, 1.54) is 4.90 Å². The van der Waals surface area contributed by atoms with Gasteiger partial charge < -0.3 is 10.0 Å². The van der Waals surface area contributed by atoms with E-state index < -0.39 is 12.0 Å². The summed E-state index contributed by atoms with van der Waals surface area (Å²) in [6, 6.07) is 4.86. The monoisotopic (exact) mass is 328 g/mol. The van der Waals surface area contributed by atoms with E-state index >= 15 is 0 Å². The van der Waals surface area contributed by atoms with E-state index in [1.807, 2.05) is 32.0 Å². The van der Waals surface area contributed by atoms with Crippen LogP contribution in [0.2, 0.25) is 0 Å². The second-order valence-corrected chi connectivity index (χ2v) is 6.01. The minimum Gasteiger partial charge on any atom is -0.480 e. The zero-order valence-corrected chi connectivity index (χ0v) is 13.8. The third-order valence-corrected chi connectivity index (χ3v) is 4.49. The topological polar surface area (TPSA) is 88.3 Å². The quantitative estimate of drug-likeness (QED) is 0.919. The van der Waals surface area contributed by atoms with Crippen LogP contribution in [0, 0.1) is 13.8 Å². The molecule has 0 aromatic carbocycles. The van der Waals surface area contributed by atoms with E-state index in [4.69, 9.17) is 0 Å². The fourth-order valence-corrected chi connectivity index (χ4v) is 3.21. The van der Waals surface area contributed by atoms with Crippen LogP contribution >= 0.6 is 0 Å². The highest BCUT2D eigenvalue weighted by Crippen LogP contribution is 2.22. The van der Waals surface area contributed by atoms with Gasteiger partial charge in [0.25, 0.3) is 0 Å². The Hall–Kier alpha value is -2.70. The lowest BCUT2D eigenvalue weighted by molar-refractivity contribution is -0.148. The molecule has 1 fully saturated rings. The first-order valence-electron chi connectivity index (χ1n) is 7.98. The summed E-state index contributed by atoms with van der Waals surface area (Å²) in [7, 11) is 0. The molecule has 3 heterocycles. The van der Waals surface area contributed by atoms with Crippen molar-refractivity contribution in [2.75, 3.05) is 6.54 Å². The van der Waals surface area contributed by atoms with E-state index in [0.717, 1.165) is 23.4 Å². The molecule has 1 saturated heterocycles. The van der Waals surface area contributed by atoms with Crippen molar-refractivity contribution in [1.29, 1.82) is 0 Å². The number of pyridine rings is 1. The summed E-state index contributed by atoms with van der Waals surface area (Å²) in [5.74, 6) is -0.397. The van der Waals surface area contributed by atoms with Gasteiger partial charge in [0, 0.05) is 24.0 Å². The van der Waals surface area contributed by atoms with Gasteiger partial charge in [-0.05, 0) is 38.8 Å². The second-order valence-electron chi connectivity index (χ2n) is 6.01. The van der Waals surface area contributed by atoms with Crippen molar-refractivity contribution in [1.82, 2.24) is 19.7 Å². The number of amides is 1. The first-order chi connectivity index (χ1) is 11.5. The van der Waals surface area contributed by atoms with Crippen LogP contribution in [0.15, 0.2) is 24.4 Å². The van der Waals surface area contributed by atoms with Crippen LogP contribution in [0.4, 0.5) is 0 Å². The molecule has 1 aliphatic rings. The molecule has 2 aromatic rings. The highest BCUT2D eigenvalue weighted by atomic mass is 16.4. The van der Waals surface area contributed by atoms with E-state index in [2.05, 4.69) is 10.1 Å². The van der Waals surface area contributed by atoms with Crippen molar-refractivity contribution >= 4 is 11.9 Å². The van der Waals surface area contributed by atoms with Crippen molar-refractivity contribution in [3.8, 4) is 5.82 Å². The largest absolute Gasteiger partial charge is 0.480 e. The highest BCUT2D eigenvalue weighted by Gasteiger charge is 2.34. The smallest absolute Gasteiger partial charge is 0.326 e. The molecule has 0 saturated carbocycles. The summed E-state index contributed by atoms with van der Waals surface area (Å²) in [6.07, 6.45) is 3.10. The lowest BCUT2D eigenvalue weighted by Gasteiger charge is -2.21. The van der Waals surface area contributed by atoms with Crippen LogP contribution in [0.1, 0.15) is 29.8 Å². The van der Waals surface area contributed by atoms with Crippen LogP contribution in [-0.4, -0.2) is 49.2 Å². The van der Waals surface area contributed by atoms with Gasteiger partial charge in [0.1, 0.15) is 6.04 Å². The van der Waals surface area contributed by atoms with Gasteiger partial charge in [-0.1, -0.05) is 6.07 Å². The number of likely N-dealkylation sites (tertiary alicyclic amines) is 1. The van der Waals surface area contributed by atoms with Gasteiger partial charge in [0.2, 0.25) is 5.91 Å². The molecule has 2 aromatic heterocycles. The Morgan fingerprint density at radius 3 is 2.79 bits per heavy atom. The van der Waals surface area contributed by atoms with E-state index in [0.29, 0.717) is 18.8 Å². The summed E-state index contributed by atoms with van der Waals surface area (Å²) in [6.45, 7) is 4.26. The molecule has 0 aliphatic carbocycles. The van der Waals surface area contributed by atoms with Gasteiger partial charge in [-0.2, -0.15) is 5.10 Å². The number of aromatic nitrogens is 3. The zero-order chi connectivity index (χ0) is 17.3. The number of aryl methyl sites for hydroxylation is 1. The molecule has 3 rings (SSSR count).